The van der Waals surface area contributed by atoms with E-state index in [-0.39, 0.29) is 11.4 Å². The van der Waals surface area contributed by atoms with Crippen molar-refractivity contribution in [3.8, 4) is 5.75 Å². The molecule has 1 fully saturated rings. The van der Waals surface area contributed by atoms with Gasteiger partial charge in [-0.1, -0.05) is 0 Å². The molecule has 0 aromatic heterocycles. The molecule has 0 radical (unpaired) electrons. The van der Waals surface area contributed by atoms with Crippen molar-refractivity contribution in [3.05, 3.63) is 24.3 Å². The van der Waals surface area contributed by atoms with E-state index in [4.69, 9.17) is 4.74 Å². The van der Waals surface area contributed by atoms with Crippen molar-refractivity contribution in [2.45, 2.75) is 16.9 Å². The van der Waals surface area contributed by atoms with E-state index in [9.17, 15) is 13.5 Å². The SMILES string of the molecule is COc1ccc(S(=O)(=O)N2CC[C@](O)(CN(C)C)C2)cc1. The summed E-state index contributed by atoms with van der Waals surface area (Å²) >= 11 is 0. The van der Waals surface area contributed by atoms with Crippen LogP contribution in [-0.4, -0.2) is 69.2 Å². The Morgan fingerprint density at radius 2 is 1.95 bits per heavy atom. The van der Waals surface area contributed by atoms with Gasteiger partial charge in [0.25, 0.3) is 0 Å². The van der Waals surface area contributed by atoms with Gasteiger partial charge in [0.05, 0.1) is 17.6 Å². The Hall–Kier alpha value is -1.15. The Morgan fingerprint density at radius 1 is 1.33 bits per heavy atom. The molecule has 1 saturated heterocycles. The van der Waals surface area contributed by atoms with Crippen LogP contribution in [0.15, 0.2) is 29.2 Å². The van der Waals surface area contributed by atoms with E-state index in [0.29, 0.717) is 25.3 Å². The van der Waals surface area contributed by atoms with E-state index in [1.165, 1.54) is 23.5 Å². The molecular formula is C14H22N2O4S. The van der Waals surface area contributed by atoms with Gasteiger partial charge in [0.1, 0.15) is 5.75 Å². The number of hydrogen-bond donors (Lipinski definition) is 1. The maximum atomic E-state index is 12.6. The van der Waals surface area contributed by atoms with Crippen LogP contribution in [0.4, 0.5) is 0 Å². The summed E-state index contributed by atoms with van der Waals surface area (Å²) in [6.45, 7) is 0.903. The summed E-state index contributed by atoms with van der Waals surface area (Å²) < 4.78 is 31.5. The molecule has 0 bridgehead atoms. The molecule has 7 heteroatoms. The lowest BCUT2D eigenvalue weighted by molar-refractivity contribution is 0.0302. The average Bonchev–Trinajstić information content (AvgIpc) is 2.80. The Balaban J connectivity index is 2.17. The molecule has 118 valence electrons. The van der Waals surface area contributed by atoms with Crippen molar-refractivity contribution >= 4 is 10.0 Å². The summed E-state index contributed by atoms with van der Waals surface area (Å²) in [6.07, 6.45) is 0.445. The number of benzene rings is 1. The molecule has 1 aliphatic heterocycles. The van der Waals surface area contributed by atoms with E-state index in [0.717, 1.165) is 0 Å². The molecule has 0 unspecified atom stereocenters. The van der Waals surface area contributed by atoms with E-state index in [1.807, 2.05) is 19.0 Å². The Morgan fingerprint density at radius 3 is 2.48 bits per heavy atom. The largest absolute Gasteiger partial charge is 0.497 e. The molecule has 21 heavy (non-hydrogen) atoms. The van der Waals surface area contributed by atoms with Crippen molar-refractivity contribution in [3.63, 3.8) is 0 Å². The second-order valence-corrected chi connectivity index (χ2v) is 7.66. The van der Waals surface area contributed by atoms with E-state index in [2.05, 4.69) is 0 Å². The minimum absolute atomic E-state index is 0.125. The zero-order chi connectivity index (χ0) is 15.7. The van der Waals surface area contributed by atoms with Gasteiger partial charge < -0.3 is 14.7 Å². The van der Waals surface area contributed by atoms with Gasteiger partial charge >= 0.3 is 0 Å². The number of β-amino-alcohol motifs (C(OH)–C–C–N with tert-alkyl or cyclic N) is 1. The summed E-state index contributed by atoms with van der Waals surface area (Å²) in [7, 11) is 1.68. The topological polar surface area (TPSA) is 70.1 Å². The number of rotatable bonds is 5. The normalized spacial score (nSPS) is 23.7. The summed E-state index contributed by atoms with van der Waals surface area (Å²) in [5.41, 5.74) is -0.983. The van der Waals surface area contributed by atoms with Crippen LogP contribution in [0.2, 0.25) is 0 Å². The number of hydrogen-bond acceptors (Lipinski definition) is 5. The number of aliphatic hydroxyl groups is 1. The number of nitrogens with zero attached hydrogens (tertiary/aromatic N) is 2. The van der Waals surface area contributed by atoms with E-state index >= 15 is 0 Å². The lowest BCUT2D eigenvalue weighted by Gasteiger charge is -2.26. The van der Waals surface area contributed by atoms with E-state index in [1.54, 1.807) is 12.1 Å². The molecule has 1 N–H and O–H groups in total. The van der Waals surface area contributed by atoms with Gasteiger partial charge in [0, 0.05) is 19.6 Å². The number of ether oxygens (including phenoxy) is 1. The van der Waals surface area contributed by atoms with Crippen molar-refractivity contribution in [1.29, 1.82) is 0 Å². The molecule has 0 spiro atoms. The molecule has 1 aromatic carbocycles. The van der Waals surface area contributed by atoms with Crippen LogP contribution in [-0.2, 0) is 10.0 Å². The Bertz CT molecular complexity index is 585. The minimum atomic E-state index is -3.57. The van der Waals surface area contributed by atoms with Crippen LogP contribution in [0, 0.1) is 0 Å². The van der Waals surface area contributed by atoms with Gasteiger partial charge in [-0.2, -0.15) is 4.31 Å². The minimum Gasteiger partial charge on any atom is -0.497 e. The van der Waals surface area contributed by atoms with Crippen molar-refractivity contribution in [1.82, 2.24) is 9.21 Å². The summed E-state index contributed by atoms with van der Waals surface area (Å²) in [5.74, 6) is 0.611. The van der Waals surface area contributed by atoms with Crippen molar-refractivity contribution < 1.29 is 18.3 Å². The molecule has 0 aliphatic carbocycles. The van der Waals surface area contributed by atoms with Crippen LogP contribution >= 0.6 is 0 Å². The van der Waals surface area contributed by atoms with Crippen molar-refractivity contribution in [2.24, 2.45) is 0 Å². The first-order valence-electron chi connectivity index (χ1n) is 6.78. The molecule has 1 aromatic rings. The number of sulfonamides is 1. The summed E-state index contributed by atoms with van der Waals surface area (Å²) in [5, 5.41) is 10.5. The highest BCUT2D eigenvalue weighted by Crippen LogP contribution is 2.28. The lowest BCUT2D eigenvalue weighted by atomic mass is 10.0. The summed E-state index contributed by atoms with van der Waals surface area (Å²) in [6, 6.07) is 6.29. The predicted molar refractivity (Wildman–Crippen MR) is 79.9 cm³/mol. The molecule has 1 heterocycles. The fourth-order valence-electron chi connectivity index (χ4n) is 2.64. The van der Waals surface area contributed by atoms with Gasteiger partial charge in [-0.3, -0.25) is 0 Å². The van der Waals surface area contributed by atoms with Crippen LogP contribution in [0.1, 0.15) is 6.42 Å². The molecule has 0 saturated carbocycles. The van der Waals surface area contributed by atoms with Gasteiger partial charge in [-0.15, -0.1) is 0 Å². The van der Waals surface area contributed by atoms with Crippen LogP contribution in [0.3, 0.4) is 0 Å². The quantitative estimate of drug-likeness (QED) is 0.851. The van der Waals surface area contributed by atoms with Crippen molar-refractivity contribution in [2.75, 3.05) is 40.8 Å². The average molecular weight is 314 g/mol. The van der Waals surface area contributed by atoms with Gasteiger partial charge in [0.2, 0.25) is 10.0 Å². The third kappa shape index (κ3) is 3.55. The third-order valence-electron chi connectivity index (χ3n) is 3.60. The highest BCUT2D eigenvalue weighted by atomic mass is 32.2. The molecule has 1 aliphatic rings. The van der Waals surface area contributed by atoms with Crippen LogP contribution in [0.25, 0.3) is 0 Å². The van der Waals surface area contributed by atoms with Crippen LogP contribution in [0.5, 0.6) is 5.75 Å². The zero-order valence-electron chi connectivity index (χ0n) is 12.6. The van der Waals surface area contributed by atoms with Gasteiger partial charge in [-0.25, -0.2) is 8.42 Å². The highest BCUT2D eigenvalue weighted by Gasteiger charge is 2.41. The fourth-order valence-corrected chi connectivity index (χ4v) is 4.16. The zero-order valence-corrected chi connectivity index (χ0v) is 13.4. The number of likely N-dealkylation sites (N-methyl/N-ethyl adjacent to an activating group) is 1. The van der Waals surface area contributed by atoms with E-state index < -0.39 is 15.6 Å². The first kappa shape index (κ1) is 16.2. The maximum Gasteiger partial charge on any atom is 0.243 e. The first-order valence-corrected chi connectivity index (χ1v) is 8.22. The Labute approximate surface area is 126 Å². The third-order valence-corrected chi connectivity index (χ3v) is 5.46. The van der Waals surface area contributed by atoms with Crippen LogP contribution < -0.4 is 4.74 Å². The van der Waals surface area contributed by atoms with Gasteiger partial charge in [0.15, 0.2) is 0 Å². The number of methoxy groups -OCH3 is 1. The first-order chi connectivity index (χ1) is 9.77. The lowest BCUT2D eigenvalue weighted by Crippen LogP contribution is -2.43. The maximum absolute atomic E-state index is 12.6. The molecule has 0 amide bonds. The Kier molecular flexibility index (Phi) is 4.57. The highest BCUT2D eigenvalue weighted by molar-refractivity contribution is 7.89. The monoisotopic (exact) mass is 314 g/mol. The predicted octanol–water partition coefficient (Wildman–Crippen LogP) is 0.382. The standard InChI is InChI=1S/C14H22N2O4S/c1-15(2)10-14(17)8-9-16(11-14)21(18,19)13-6-4-12(20-3)5-7-13/h4-7,17H,8-11H2,1-3H3/t14-/m0/s1. The second-order valence-electron chi connectivity index (χ2n) is 5.73. The smallest absolute Gasteiger partial charge is 0.243 e. The molecule has 6 nitrogen and oxygen atoms in total. The summed E-state index contributed by atoms with van der Waals surface area (Å²) in [4.78, 5) is 2.08. The molecule has 2 rings (SSSR count). The fraction of sp³-hybridized carbons (Fsp3) is 0.571. The van der Waals surface area contributed by atoms with Gasteiger partial charge in [-0.05, 0) is 44.8 Å². The molecular weight excluding hydrogens is 292 g/mol. The second kappa shape index (κ2) is 5.92. The molecule has 1 atom stereocenters.